The van der Waals surface area contributed by atoms with Crippen LogP contribution in [0.5, 0.6) is 0 Å². The van der Waals surface area contributed by atoms with Crippen molar-refractivity contribution >= 4 is 12.0 Å². The molecule has 6 heteroatoms. The van der Waals surface area contributed by atoms with Crippen LogP contribution in [0.15, 0.2) is 0 Å². The molecule has 1 atom stereocenters. The smallest absolute Gasteiger partial charge is 0.320 e. The van der Waals surface area contributed by atoms with Crippen LogP contribution in [0, 0.1) is 11.8 Å². The number of hydrogen-bond acceptors (Lipinski definition) is 3. The van der Waals surface area contributed by atoms with Crippen LogP contribution in [-0.2, 0) is 4.79 Å². The Morgan fingerprint density at radius 3 is 2.19 bits per heavy atom. The minimum Gasteiger partial charge on any atom is -0.481 e. The number of piperidine rings is 1. The lowest BCUT2D eigenvalue weighted by Crippen LogP contribution is -2.46. The van der Waals surface area contributed by atoms with E-state index in [1.165, 1.54) is 0 Å². The average molecular weight is 297 g/mol. The maximum atomic E-state index is 12.5. The average Bonchev–Trinajstić information content (AvgIpc) is 2.85. The predicted octanol–water partition coefficient (Wildman–Crippen LogP) is 1.18. The molecule has 6 nitrogen and oxygen atoms in total. The SMILES string of the molecule is CN(C)CC1CCN(C(=O)N2CCC(CC(=O)O)C2)CC1. The van der Waals surface area contributed by atoms with Crippen LogP contribution in [0.3, 0.4) is 0 Å². The van der Waals surface area contributed by atoms with Crippen molar-refractivity contribution in [3.8, 4) is 0 Å². The van der Waals surface area contributed by atoms with E-state index in [9.17, 15) is 9.59 Å². The summed E-state index contributed by atoms with van der Waals surface area (Å²) >= 11 is 0. The third-order valence-corrected chi connectivity index (χ3v) is 4.53. The Bertz CT molecular complexity index is 378. The van der Waals surface area contributed by atoms with E-state index in [-0.39, 0.29) is 18.4 Å². The number of carboxylic acid groups (broad SMARTS) is 1. The highest BCUT2D eigenvalue weighted by molar-refractivity contribution is 5.75. The van der Waals surface area contributed by atoms with Gasteiger partial charge in [0.05, 0.1) is 0 Å². The third kappa shape index (κ3) is 4.59. The third-order valence-electron chi connectivity index (χ3n) is 4.53. The molecule has 0 spiro atoms. The zero-order chi connectivity index (χ0) is 15.4. The minimum absolute atomic E-state index is 0.103. The summed E-state index contributed by atoms with van der Waals surface area (Å²) in [6.45, 7) is 4.05. The normalized spacial score (nSPS) is 23.9. The van der Waals surface area contributed by atoms with Gasteiger partial charge in [0.2, 0.25) is 0 Å². The molecule has 2 fully saturated rings. The van der Waals surface area contributed by atoms with Gasteiger partial charge in [-0.1, -0.05) is 0 Å². The van der Waals surface area contributed by atoms with Gasteiger partial charge in [0.15, 0.2) is 0 Å². The first-order chi connectivity index (χ1) is 9.95. The fraction of sp³-hybridized carbons (Fsp3) is 0.867. The van der Waals surface area contributed by atoms with Gasteiger partial charge in [-0.15, -0.1) is 0 Å². The molecule has 120 valence electrons. The van der Waals surface area contributed by atoms with Crippen molar-refractivity contribution in [3.05, 3.63) is 0 Å². The van der Waals surface area contributed by atoms with Gasteiger partial charge in [0, 0.05) is 39.1 Å². The lowest BCUT2D eigenvalue weighted by molar-refractivity contribution is -0.138. The zero-order valence-corrected chi connectivity index (χ0v) is 13.1. The van der Waals surface area contributed by atoms with Crippen LogP contribution >= 0.6 is 0 Å². The number of carboxylic acids is 1. The molecule has 2 rings (SSSR count). The van der Waals surface area contributed by atoms with E-state index in [4.69, 9.17) is 5.11 Å². The summed E-state index contributed by atoms with van der Waals surface area (Å²) in [5.41, 5.74) is 0. The summed E-state index contributed by atoms with van der Waals surface area (Å²) in [5, 5.41) is 8.83. The first-order valence-electron chi connectivity index (χ1n) is 7.86. The second-order valence-corrected chi connectivity index (χ2v) is 6.67. The van der Waals surface area contributed by atoms with Crippen molar-refractivity contribution in [3.63, 3.8) is 0 Å². The van der Waals surface area contributed by atoms with E-state index in [1.807, 2.05) is 9.80 Å². The van der Waals surface area contributed by atoms with E-state index in [0.29, 0.717) is 19.0 Å². The van der Waals surface area contributed by atoms with Gasteiger partial charge in [-0.25, -0.2) is 4.79 Å². The number of nitrogens with zero attached hydrogens (tertiary/aromatic N) is 3. The molecule has 1 N–H and O–H groups in total. The molecule has 0 aliphatic carbocycles. The highest BCUT2D eigenvalue weighted by atomic mass is 16.4. The molecule has 0 bridgehead atoms. The summed E-state index contributed by atoms with van der Waals surface area (Å²) in [6.07, 6.45) is 3.12. The Kier molecular flexibility index (Phi) is 5.45. The van der Waals surface area contributed by atoms with E-state index >= 15 is 0 Å². The molecule has 0 aromatic carbocycles. The van der Waals surface area contributed by atoms with Crippen LogP contribution in [0.1, 0.15) is 25.7 Å². The molecule has 0 aromatic heterocycles. The summed E-state index contributed by atoms with van der Waals surface area (Å²) in [7, 11) is 4.18. The van der Waals surface area contributed by atoms with E-state index in [1.54, 1.807) is 0 Å². The number of amides is 2. The van der Waals surface area contributed by atoms with Crippen molar-refractivity contribution in [1.82, 2.24) is 14.7 Å². The summed E-state index contributed by atoms with van der Waals surface area (Å²) in [6, 6.07) is 0.103. The Balaban J connectivity index is 1.76. The van der Waals surface area contributed by atoms with Crippen molar-refractivity contribution in [1.29, 1.82) is 0 Å². The monoisotopic (exact) mass is 297 g/mol. The van der Waals surface area contributed by atoms with Gasteiger partial charge in [0.1, 0.15) is 0 Å². The number of aliphatic carboxylic acids is 1. The Morgan fingerprint density at radius 1 is 1.05 bits per heavy atom. The topological polar surface area (TPSA) is 64.1 Å². The second kappa shape index (κ2) is 7.11. The molecule has 2 amide bonds. The fourth-order valence-electron chi connectivity index (χ4n) is 3.44. The molecule has 0 saturated carbocycles. The van der Waals surface area contributed by atoms with E-state index in [0.717, 1.165) is 38.9 Å². The van der Waals surface area contributed by atoms with Crippen LogP contribution in [0.2, 0.25) is 0 Å². The molecular formula is C15H27N3O3. The molecule has 0 aromatic rings. The van der Waals surface area contributed by atoms with Gasteiger partial charge in [-0.05, 0) is 45.2 Å². The van der Waals surface area contributed by atoms with Crippen LogP contribution < -0.4 is 0 Å². The van der Waals surface area contributed by atoms with E-state index in [2.05, 4.69) is 19.0 Å². The number of carbonyl (C=O) groups excluding carboxylic acids is 1. The number of likely N-dealkylation sites (tertiary alicyclic amines) is 2. The molecule has 2 heterocycles. The summed E-state index contributed by atoms with van der Waals surface area (Å²) < 4.78 is 0. The summed E-state index contributed by atoms with van der Waals surface area (Å²) in [5.74, 6) is 0.0407. The first kappa shape index (κ1) is 16.1. The molecule has 2 aliphatic rings. The molecular weight excluding hydrogens is 270 g/mol. The Hall–Kier alpha value is -1.30. The van der Waals surface area contributed by atoms with Crippen molar-refractivity contribution < 1.29 is 14.7 Å². The zero-order valence-electron chi connectivity index (χ0n) is 13.1. The van der Waals surface area contributed by atoms with Gasteiger partial charge < -0.3 is 19.8 Å². The number of rotatable bonds is 4. The Morgan fingerprint density at radius 2 is 1.62 bits per heavy atom. The molecule has 1 unspecified atom stereocenters. The van der Waals surface area contributed by atoms with Crippen LogP contribution in [0.25, 0.3) is 0 Å². The van der Waals surface area contributed by atoms with E-state index < -0.39 is 5.97 Å². The van der Waals surface area contributed by atoms with Crippen LogP contribution in [-0.4, -0.2) is 78.6 Å². The maximum absolute atomic E-state index is 12.5. The lowest BCUT2D eigenvalue weighted by Gasteiger charge is -2.35. The standard InChI is InChI=1S/C15H27N3O3/c1-16(2)10-12-3-6-17(7-4-12)15(21)18-8-5-13(11-18)9-14(19)20/h12-13H,3-11H2,1-2H3,(H,19,20). The predicted molar refractivity (Wildman–Crippen MR) is 80.2 cm³/mol. The van der Waals surface area contributed by atoms with Crippen LogP contribution in [0.4, 0.5) is 4.79 Å². The van der Waals surface area contributed by atoms with Gasteiger partial charge in [0.25, 0.3) is 0 Å². The second-order valence-electron chi connectivity index (χ2n) is 6.67. The minimum atomic E-state index is -0.765. The molecule has 2 aliphatic heterocycles. The van der Waals surface area contributed by atoms with Crippen molar-refractivity contribution in [2.24, 2.45) is 11.8 Å². The fourth-order valence-corrected chi connectivity index (χ4v) is 3.44. The largest absolute Gasteiger partial charge is 0.481 e. The highest BCUT2D eigenvalue weighted by Crippen LogP contribution is 2.23. The molecule has 21 heavy (non-hydrogen) atoms. The number of carbonyl (C=O) groups is 2. The first-order valence-corrected chi connectivity index (χ1v) is 7.86. The maximum Gasteiger partial charge on any atom is 0.320 e. The van der Waals surface area contributed by atoms with Crippen molar-refractivity contribution in [2.75, 3.05) is 46.8 Å². The Labute approximate surface area is 126 Å². The van der Waals surface area contributed by atoms with Gasteiger partial charge >= 0.3 is 12.0 Å². The molecule has 0 radical (unpaired) electrons. The summed E-state index contributed by atoms with van der Waals surface area (Å²) in [4.78, 5) is 29.2. The van der Waals surface area contributed by atoms with Crippen molar-refractivity contribution in [2.45, 2.75) is 25.7 Å². The highest BCUT2D eigenvalue weighted by Gasteiger charge is 2.32. The number of hydrogen-bond donors (Lipinski definition) is 1. The lowest BCUT2D eigenvalue weighted by atomic mass is 9.96. The number of urea groups is 1. The van der Waals surface area contributed by atoms with Gasteiger partial charge in [-0.3, -0.25) is 4.79 Å². The molecule has 2 saturated heterocycles. The quantitative estimate of drug-likeness (QED) is 0.846. The van der Waals surface area contributed by atoms with Gasteiger partial charge in [-0.2, -0.15) is 0 Å².